The highest BCUT2D eigenvalue weighted by atomic mass is 79.9. The number of nitrogens with zero attached hydrogens (tertiary/aromatic N) is 4. The minimum atomic E-state index is -0.289. The molecule has 1 saturated heterocycles. The first-order chi connectivity index (χ1) is 9.85. The highest BCUT2D eigenvalue weighted by molar-refractivity contribution is 9.10. The molecule has 21 heavy (non-hydrogen) atoms. The topological polar surface area (TPSA) is 75.4 Å². The Morgan fingerprint density at radius 1 is 1.29 bits per heavy atom. The SMILES string of the molecule is CC(C)(N)CCC(=O)N1CCN(c2ncc(Br)cn2)CC1. The molecule has 7 heteroatoms. The molecular weight excluding hydrogens is 334 g/mol. The van der Waals surface area contributed by atoms with Crippen molar-refractivity contribution < 1.29 is 4.79 Å². The maximum atomic E-state index is 12.1. The third kappa shape index (κ3) is 4.93. The van der Waals surface area contributed by atoms with Crippen LogP contribution in [0.5, 0.6) is 0 Å². The van der Waals surface area contributed by atoms with Crippen LogP contribution in [0.15, 0.2) is 16.9 Å². The van der Waals surface area contributed by atoms with E-state index >= 15 is 0 Å². The molecule has 1 aliphatic heterocycles. The van der Waals surface area contributed by atoms with Gasteiger partial charge in [0.25, 0.3) is 0 Å². The summed E-state index contributed by atoms with van der Waals surface area (Å²) < 4.78 is 0.865. The normalized spacial score (nSPS) is 16.2. The average molecular weight is 356 g/mol. The molecule has 1 aromatic rings. The van der Waals surface area contributed by atoms with E-state index in [-0.39, 0.29) is 11.4 Å². The number of halogens is 1. The molecule has 0 unspecified atom stereocenters. The lowest BCUT2D eigenvalue weighted by atomic mass is 9.99. The maximum Gasteiger partial charge on any atom is 0.225 e. The van der Waals surface area contributed by atoms with E-state index in [1.807, 2.05) is 18.7 Å². The molecule has 2 rings (SSSR count). The zero-order chi connectivity index (χ0) is 15.5. The Morgan fingerprint density at radius 2 is 1.86 bits per heavy atom. The third-order valence-corrected chi connectivity index (χ3v) is 3.91. The van der Waals surface area contributed by atoms with Crippen molar-refractivity contribution in [3.05, 3.63) is 16.9 Å². The third-order valence-electron chi connectivity index (χ3n) is 3.51. The first kappa shape index (κ1) is 16.2. The van der Waals surface area contributed by atoms with E-state index in [4.69, 9.17) is 5.73 Å². The summed E-state index contributed by atoms with van der Waals surface area (Å²) in [5, 5.41) is 0. The fourth-order valence-electron chi connectivity index (χ4n) is 2.21. The van der Waals surface area contributed by atoms with Crippen LogP contribution in [-0.4, -0.2) is 52.5 Å². The van der Waals surface area contributed by atoms with Gasteiger partial charge in [-0.25, -0.2) is 9.97 Å². The summed E-state index contributed by atoms with van der Waals surface area (Å²) in [6.45, 7) is 6.84. The summed E-state index contributed by atoms with van der Waals surface area (Å²) in [6, 6.07) is 0. The van der Waals surface area contributed by atoms with Crippen LogP contribution in [0.3, 0.4) is 0 Å². The van der Waals surface area contributed by atoms with Gasteiger partial charge >= 0.3 is 0 Å². The van der Waals surface area contributed by atoms with Crippen molar-refractivity contribution in [1.29, 1.82) is 0 Å². The van der Waals surface area contributed by atoms with Gasteiger partial charge in [-0.1, -0.05) is 0 Å². The number of hydrogen-bond acceptors (Lipinski definition) is 5. The van der Waals surface area contributed by atoms with Crippen LogP contribution >= 0.6 is 15.9 Å². The van der Waals surface area contributed by atoms with Gasteiger partial charge in [-0.3, -0.25) is 4.79 Å². The number of amides is 1. The molecule has 0 radical (unpaired) electrons. The highest BCUT2D eigenvalue weighted by Gasteiger charge is 2.23. The molecule has 1 aliphatic rings. The van der Waals surface area contributed by atoms with E-state index in [9.17, 15) is 4.79 Å². The molecular formula is C14H22BrN5O. The quantitative estimate of drug-likeness (QED) is 0.883. The van der Waals surface area contributed by atoms with Gasteiger partial charge in [0.1, 0.15) is 0 Å². The van der Waals surface area contributed by atoms with Crippen LogP contribution in [0.2, 0.25) is 0 Å². The smallest absolute Gasteiger partial charge is 0.225 e. The van der Waals surface area contributed by atoms with Gasteiger partial charge in [0, 0.05) is 50.5 Å². The minimum absolute atomic E-state index is 0.185. The first-order valence-electron chi connectivity index (χ1n) is 7.14. The molecule has 0 spiro atoms. The predicted molar refractivity (Wildman–Crippen MR) is 86.0 cm³/mol. The summed E-state index contributed by atoms with van der Waals surface area (Å²) in [4.78, 5) is 24.7. The van der Waals surface area contributed by atoms with E-state index in [0.717, 1.165) is 17.6 Å². The van der Waals surface area contributed by atoms with Crippen molar-refractivity contribution in [2.45, 2.75) is 32.2 Å². The van der Waals surface area contributed by atoms with Crippen molar-refractivity contribution >= 4 is 27.8 Å². The fraction of sp³-hybridized carbons (Fsp3) is 0.643. The average Bonchev–Trinajstić information content (AvgIpc) is 2.45. The summed E-state index contributed by atoms with van der Waals surface area (Å²) in [5.74, 6) is 0.901. The molecule has 1 aromatic heterocycles. The Kier molecular flexibility index (Phi) is 5.16. The molecule has 0 bridgehead atoms. The van der Waals surface area contributed by atoms with Crippen molar-refractivity contribution in [2.75, 3.05) is 31.1 Å². The van der Waals surface area contributed by atoms with E-state index in [1.54, 1.807) is 12.4 Å². The lowest BCUT2D eigenvalue weighted by molar-refractivity contribution is -0.131. The van der Waals surface area contributed by atoms with Gasteiger partial charge in [0.05, 0.1) is 4.47 Å². The zero-order valence-corrected chi connectivity index (χ0v) is 14.1. The number of aromatic nitrogens is 2. The Bertz CT molecular complexity index is 477. The Labute approximate surface area is 133 Å². The zero-order valence-electron chi connectivity index (χ0n) is 12.5. The molecule has 2 N–H and O–H groups in total. The van der Waals surface area contributed by atoms with E-state index in [2.05, 4.69) is 30.8 Å². The van der Waals surface area contributed by atoms with Crippen molar-refractivity contribution in [1.82, 2.24) is 14.9 Å². The number of rotatable bonds is 4. The van der Waals surface area contributed by atoms with E-state index in [0.29, 0.717) is 31.9 Å². The number of piperazine rings is 1. The number of anilines is 1. The maximum absolute atomic E-state index is 12.1. The van der Waals surface area contributed by atoms with Crippen LogP contribution in [0.4, 0.5) is 5.95 Å². The van der Waals surface area contributed by atoms with Crippen molar-refractivity contribution in [3.8, 4) is 0 Å². The van der Waals surface area contributed by atoms with Gasteiger partial charge in [-0.2, -0.15) is 0 Å². The fourth-order valence-corrected chi connectivity index (χ4v) is 2.42. The van der Waals surface area contributed by atoms with Crippen LogP contribution in [-0.2, 0) is 4.79 Å². The molecule has 6 nitrogen and oxygen atoms in total. The number of carbonyl (C=O) groups excluding carboxylic acids is 1. The van der Waals surface area contributed by atoms with Gasteiger partial charge in [-0.05, 0) is 36.2 Å². The Balaban J connectivity index is 1.82. The molecule has 0 aliphatic carbocycles. The lowest BCUT2D eigenvalue weighted by Crippen LogP contribution is -2.49. The summed E-state index contributed by atoms with van der Waals surface area (Å²) in [7, 11) is 0. The minimum Gasteiger partial charge on any atom is -0.339 e. The van der Waals surface area contributed by atoms with E-state index < -0.39 is 0 Å². The highest BCUT2D eigenvalue weighted by Crippen LogP contribution is 2.15. The summed E-state index contributed by atoms with van der Waals surface area (Å²) in [5.41, 5.74) is 5.64. The second-order valence-corrected chi connectivity index (χ2v) is 6.97. The van der Waals surface area contributed by atoms with Crippen LogP contribution < -0.4 is 10.6 Å². The lowest BCUT2D eigenvalue weighted by Gasteiger charge is -2.35. The molecule has 116 valence electrons. The van der Waals surface area contributed by atoms with Crippen LogP contribution in [0, 0.1) is 0 Å². The molecule has 0 saturated carbocycles. The second-order valence-electron chi connectivity index (χ2n) is 6.06. The van der Waals surface area contributed by atoms with Gasteiger partial charge < -0.3 is 15.5 Å². The van der Waals surface area contributed by atoms with Gasteiger partial charge in [0.2, 0.25) is 11.9 Å². The van der Waals surface area contributed by atoms with Crippen molar-refractivity contribution in [2.24, 2.45) is 5.73 Å². The van der Waals surface area contributed by atoms with Gasteiger partial charge in [-0.15, -0.1) is 0 Å². The Morgan fingerprint density at radius 3 is 2.38 bits per heavy atom. The molecule has 1 amide bonds. The molecule has 1 fully saturated rings. The van der Waals surface area contributed by atoms with E-state index in [1.165, 1.54) is 0 Å². The number of carbonyl (C=O) groups is 1. The van der Waals surface area contributed by atoms with Crippen LogP contribution in [0.1, 0.15) is 26.7 Å². The second kappa shape index (κ2) is 6.70. The van der Waals surface area contributed by atoms with Gasteiger partial charge in [0.15, 0.2) is 0 Å². The predicted octanol–water partition coefficient (Wildman–Crippen LogP) is 1.41. The van der Waals surface area contributed by atoms with Crippen LogP contribution in [0.25, 0.3) is 0 Å². The molecule has 0 atom stereocenters. The monoisotopic (exact) mass is 355 g/mol. The largest absolute Gasteiger partial charge is 0.339 e. The Hall–Kier alpha value is -1.21. The molecule has 2 heterocycles. The number of hydrogen-bond donors (Lipinski definition) is 1. The molecule has 0 aromatic carbocycles. The summed E-state index contributed by atoms with van der Waals surface area (Å²) in [6.07, 6.45) is 4.70. The van der Waals surface area contributed by atoms with Crippen molar-refractivity contribution in [3.63, 3.8) is 0 Å². The standard InChI is InChI=1S/C14H22BrN5O/c1-14(2,16)4-3-12(21)19-5-7-20(8-6-19)13-17-9-11(15)10-18-13/h9-10H,3-8,16H2,1-2H3. The first-order valence-corrected chi connectivity index (χ1v) is 7.93. The summed E-state index contributed by atoms with van der Waals surface area (Å²) >= 11 is 3.32. The number of nitrogens with two attached hydrogens (primary N) is 1.